The quantitative estimate of drug-likeness (QED) is 0.862. The normalized spacial score (nSPS) is 15.3. The maximum absolute atomic E-state index is 12.3. The topological polar surface area (TPSA) is 91.0 Å². The van der Waals surface area contributed by atoms with Crippen molar-refractivity contribution in [3.63, 3.8) is 0 Å². The molecule has 2 N–H and O–H groups in total. The van der Waals surface area contributed by atoms with Crippen molar-refractivity contribution in [1.29, 1.82) is 0 Å². The highest BCUT2D eigenvalue weighted by Crippen LogP contribution is 2.31. The molecule has 0 unspecified atom stereocenters. The molecule has 8 heteroatoms. The Labute approximate surface area is 156 Å². The third-order valence-corrected chi connectivity index (χ3v) is 4.79. The van der Waals surface area contributed by atoms with Gasteiger partial charge in [0, 0.05) is 43.0 Å². The first-order chi connectivity index (χ1) is 12.5. The number of carbonyl (C=O) groups is 1. The summed E-state index contributed by atoms with van der Waals surface area (Å²) in [6.07, 6.45) is 4.74. The molecule has 1 saturated heterocycles. The van der Waals surface area contributed by atoms with Gasteiger partial charge < -0.3 is 15.2 Å². The van der Waals surface area contributed by atoms with E-state index in [1.54, 1.807) is 29.4 Å². The van der Waals surface area contributed by atoms with Gasteiger partial charge in [-0.25, -0.2) is 9.78 Å². The number of nitrogens with zero attached hydrogens (tertiary/aromatic N) is 3. The molecule has 0 aromatic carbocycles. The molecule has 138 valence electrons. The second-order valence-corrected chi connectivity index (χ2v) is 7.09. The van der Waals surface area contributed by atoms with Crippen molar-refractivity contribution in [3.05, 3.63) is 45.6 Å². The van der Waals surface area contributed by atoms with Crippen molar-refractivity contribution < 1.29 is 4.79 Å². The van der Waals surface area contributed by atoms with Crippen LogP contribution in [0.3, 0.4) is 0 Å². The van der Waals surface area contributed by atoms with E-state index in [0.717, 1.165) is 18.4 Å². The molecule has 2 aromatic rings. The second kappa shape index (κ2) is 7.86. The number of rotatable bonds is 3. The summed E-state index contributed by atoms with van der Waals surface area (Å²) < 4.78 is 0. The highest BCUT2D eigenvalue weighted by atomic mass is 35.5. The zero-order chi connectivity index (χ0) is 18.7. The number of H-pyrrole nitrogens is 1. The minimum Gasteiger partial charge on any atom is -0.336 e. The van der Waals surface area contributed by atoms with E-state index in [4.69, 9.17) is 11.6 Å². The van der Waals surface area contributed by atoms with E-state index in [9.17, 15) is 9.59 Å². The molecule has 1 aliphatic rings. The van der Waals surface area contributed by atoms with Gasteiger partial charge in [0.05, 0.1) is 5.69 Å². The molecule has 0 saturated carbocycles. The zero-order valence-corrected chi connectivity index (χ0v) is 15.6. The van der Waals surface area contributed by atoms with Gasteiger partial charge in [-0.2, -0.15) is 0 Å². The first-order valence-corrected chi connectivity index (χ1v) is 9.09. The van der Waals surface area contributed by atoms with Gasteiger partial charge in [0.2, 0.25) is 0 Å². The van der Waals surface area contributed by atoms with E-state index in [1.807, 2.05) is 13.8 Å². The number of likely N-dealkylation sites (tertiary alicyclic amines) is 1. The fourth-order valence-electron chi connectivity index (χ4n) is 3.09. The summed E-state index contributed by atoms with van der Waals surface area (Å²) in [5, 5.41) is 3.03. The fourth-order valence-corrected chi connectivity index (χ4v) is 3.33. The molecule has 0 spiro atoms. The Morgan fingerprint density at radius 1 is 1.31 bits per heavy atom. The molecule has 3 heterocycles. The van der Waals surface area contributed by atoms with Gasteiger partial charge in [0.25, 0.3) is 5.56 Å². The van der Waals surface area contributed by atoms with Crippen molar-refractivity contribution in [2.45, 2.75) is 38.6 Å². The highest BCUT2D eigenvalue weighted by Gasteiger charge is 2.27. The monoisotopic (exact) mass is 375 g/mol. The Kier molecular flexibility index (Phi) is 5.56. The molecule has 2 amide bonds. The van der Waals surface area contributed by atoms with Crippen LogP contribution in [0.15, 0.2) is 29.3 Å². The summed E-state index contributed by atoms with van der Waals surface area (Å²) >= 11 is 6.24. The van der Waals surface area contributed by atoms with Gasteiger partial charge >= 0.3 is 6.03 Å². The Morgan fingerprint density at radius 3 is 2.58 bits per heavy atom. The average Bonchev–Trinajstić information content (AvgIpc) is 2.64. The number of piperidine rings is 1. The first kappa shape index (κ1) is 18.4. The molecular formula is C18H22ClN5O2. The molecule has 1 aliphatic heterocycles. The minimum absolute atomic E-state index is 0.0495. The van der Waals surface area contributed by atoms with Crippen LogP contribution in [-0.4, -0.2) is 45.0 Å². The van der Waals surface area contributed by atoms with Crippen LogP contribution in [0, 0.1) is 0 Å². The first-order valence-electron chi connectivity index (χ1n) is 8.71. The number of hydrogen-bond acceptors (Lipinski definition) is 4. The molecule has 1 fully saturated rings. The van der Waals surface area contributed by atoms with Gasteiger partial charge in [-0.15, -0.1) is 0 Å². The number of aromatic amines is 1. The number of nitrogens with one attached hydrogen (secondary N) is 2. The number of hydrogen-bond donors (Lipinski definition) is 2. The second-order valence-electron chi connectivity index (χ2n) is 6.72. The SMILES string of the molecule is CC(C)NC(=O)N1CCC(c2nc(-c3ccncc3)[nH]c(=O)c2Cl)CC1. The smallest absolute Gasteiger partial charge is 0.317 e. The highest BCUT2D eigenvalue weighted by molar-refractivity contribution is 6.31. The molecule has 0 atom stereocenters. The van der Waals surface area contributed by atoms with E-state index in [2.05, 4.69) is 20.3 Å². The van der Waals surface area contributed by atoms with Crippen LogP contribution in [0.1, 0.15) is 38.3 Å². The standard InChI is InChI=1S/C18H22ClN5O2/c1-11(2)21-18(26)24-9-5-12(6-10-24)15-14(19)17(25)23-16(22-15)13-3-7-20-8-4-13/h3-4,7-8,11-12H,5-6,9-10H2,1-2H3,(H,21,26)(H,22,23,25). The van der Waals surface area contributed by atoms with Crippen molar-refractivity contribution in [2.75, 3.05) is 13.1 Å². The lowest BCUT2D eigenvalue weighted by Gasteiger charge is -2.32. The summed E-state index contributed by atoms with van der Waals surface area (Å²) in [4.78, 5) is 37.5. The summed E-state index contributed by atoms with van der Waals surface area (Å²) in [5.74, 6) is 0.533. The molecule has 3 rings (SSSR count). The molecular weight excluding hydrogens is 354 g/mol. The van der Waals surface area contributed by atoms with Crippen LogP contribution in [0.4, 0.5) is 4.79 Å². The Bertz CT molecular complexity index is 829. The van der Waals surface area contributed by atoms with Crippen molar-refractivity contribution in [1.82, 2.24) is 25.2 Å². The average molecular weight is 376 g/mol. The van der Waals surface area contributed by atoms with Crippen molar-refractivity contribution in [2.24, 2.45) is 0 Å². The predicted octanol–water partition coefficient (Wildman–Crippen LogP) is 2.78. The maximum Gasteiger partial charge on any atom is 0.317 e. The number of aromatic nitrogens is 3. The third-order valence-electron chi connectivity index (χ3n) is 4.42. The molecule has 0 bridgehead atoms. The predicted molar refractivity (Wildman–Crippen MR) is 100 cm³/mol. The lowest BCUT2D eigenvalue weighted by molar-refractivity contribution is 0.178. The molecule has 2 aromatic heterocycles. The summed E-state index contributed by atoms with van der Waals surface area (Å²) in [6.45, 7) is 5.09. The lowest BCUT2D eigenvalue weighted by atomic mass is 9.93. The van der Waals surface area contributed by atoms with E-state index < -0.39 is 0 Å². The van der Waals surface area contributed by atoms with Crippen LogP contribution in [0.5, 0.6) is 0 Å². The largest absolute Gasteiger partial charge is 0.336 e. The Hall–Kier alpha value is -2.41. The summed E-state index contributed by atoms with van der Waals surface area (Å²) in [7, 11) is 0. The number of urea groups is 1. The number of carbonyl (C=O) groups excluding carboxylic acids is 1. The fraction of sp³-hybridized carbons (Fsp3) is 0.444. The Balaban J connectivity index is 1.79. The third kappa shape index (κ3) is 4.04. The van der Waals surface area contributed by atoms with Gasteiger partial charge in [-0.1, -0.05) is 11.6 Å². The molecule has 0 radical (unpaired) electrons. The van der Waals surface area contributed by atoms with E-state index in [1.165, 1.54) is 0 Å². The molecule has 7 nitrogen and oxygen atoms in total. The van der Waals surface area contributed by atoms with Crippen LogP contribution >= 0.6 is 11.6 Å². The van der Waals surface area contributed by atoms with Gasteiger partial charge in [0.15, 0.2) is 0 Å². The maximum atomic E-state index is 12.3. The number of halogens is 1. The Morgan fingerprint density at radius 2 is 1.96 bits per heavy atom. The van der Waals surface area contributed by atoms with Gasteiger partial charge in [-0.3, -0.25) is 9.78 Å². The van der Waals surface area contributed by atoms with Crippen LogP contribution in [-0.2, 0) is 0 Å². The van der Waals surface area contributed by atoms with Gasteiger partial charge in [-0.05, 0) is 38.8 Å². The summed E-state index contributed by atoms with van der Waals surface area (Å²) in [5.41, 5.74) is 1.04. The van der Waals surface area contributed by atoms with Crippen LogP contribution in [0.2, 0.25) is 5.02 Å². The van der Waals surface area contributed by atoms with E-state index >= 15 is 0 Å². The van der Waals surface area contributed by atoms with Crippen LogP contribution in [0.25, 0.3) is 11.4 Å². The molecule has 0 aliphatic carbocycles. The summed E-state index contributed by atoms with van der Waals surface area (Å²) in [6, 6.07) is 3.62. The van der Waals surface area contributed by atoms with Crippen LogP contribution < -0.4 is 10.9 Å². The number of amides is 2. The van der Waals surface area contributed by atoms with E-state index in [-0.39, 0.29) is 28.6 Å². The number of pyridine rings is 1. The van der Waals surface area contributed by atoms with E-state index in [0.29, 0.717) is 24.6 Å². The van der Waals surface area contributed by atoms with Gasteiger partial charge in [0.1, 0.15) is 10.8 Å². The minimum atomic E-state index is -0.344. The zero-order valence-electron chi connectivity index (χ0n) is 14.8. The molecule has 26 heavy (non-hydrogen) atoms. The lowest BCUT2D eigenvalue weighted by Crippen LogP contribution is -2.46. The van der Waals surface area contributed by atoms with Crippen molar-refractivity contribution >= 4 is 17.6 Å². The van der Waals surface area contributed by atoms with Crippen molar-refractivity contribution in [3.8, 4) is 11.4 Å².